The molecular weight excluding hydrogens is 324 g/mol. The van der Waals surface area contributed by atoms with Gasteiger partial charge in [-0.3, -0.25) is 4.79 Å². The van der Waals surface area contributed by atoms with Gasteiger partial charge in [-0.1, -0.05) is 30.3 Å². The second-order valence-electron chi connectivity index (χ2n) is 4.31. The largest absolute Gasteiger partial charge is 0.339 e. The van der Waals surface area contributed by atoms with E-state index in [1.54, 1.807) is 23.3 Å². The van der Waals surface area contributed by atoms with Crippen molar-refractivity contribution in [2.45, 2.75) is 12.6 Å². The van der Waals surface area contributed by atoms with Gasteiger partial charge in [0.2, 0.25) is 5.91 Å². The Bertz CT molecular complexity index is 556. The summed E-state index contributed by atoms with van der Waals surface area (Å²) in [4.78, 5) is 15.0. The van der Waals surface area contributed by atoms with E-state index in [9.17, 15) is 4.79 Å². The average molecular weight is 339 g/mol. The Hall–Kier alpha value is -1.17. The maximum absolute atomic E-state index is 12.2. The second kappa shape index (κ2) is 6.32. The van der Waals surface area contributed by atoms with Gasteiger partial charge in [0.25, 0.3) is 0 Å². The molecule has 0 unspecified atom stereocenters. The number of halogens is 1. The van der Waals surface area contributed by atoms with E-state index < -0.39 is 6.04 Å². The molecule has 0 saturated heterocycles. The van der Waals surface area contributed by atoms with Crippen molar-refractivity contribution >= 4 is 33.2 Å². The highest BCUT2D eigenvalue weighted by Crippen LogP contribution is 2.22. The fourth-order valence-electron chi connectivity index (χ4n) is 1.79. The Balaban J connectivity index is 2.03. The maximum Gasteiger partial charge on any atom is 0.244 e. The van der Waals surface area contributed by atoms with E-state index in [1.165, 1.54) is 0 Å². The first kappa shape index (κ1) is 14.2. The molecular formula is C14H15BrN2OS. The standard InChI is InChI=1S/C14H15BrN2OS/c1-17(8-12-7-11(15)9-19-12)14(18)13(16)10-5-3-2-4-6-10/h2-7,9,13H,8,16H2,1H3/t13-/m0/s1. The number of carbonyl (C=O) groups is 1. The summed E-state index contributed by atoms with van der Waals surface area (Å²) in [6, 6.07) is 10.8. The first-order chi connectivity index (χ1) is 9.08. The van der Waals surface area contributed by atoms with Crippen LogP contribution in [-0.4, -0.2) is 17.9 Å². The molecule has 2 aromatic rings. The van der Waals surface area contributed by atoms with E-state index >= 15 is 0 Å². The number of thiophene rings is 1. The molecule has 1 aromatic heterocycles. The van der Waals surface area contributed by atoms with E-state index in [0.717, 1.165) is 14.9 Å². The normalized spacial score (nSPS) is 12.2. The Morgan fingerprint density at radius 3 is 2.68 bits per heavy atom. The molecule has 2 rings (SSSR count). The third-order valence-electron chi connectivity index (χ3n) is 2.82. The number of hydrogen-bond acceptors (Lipinski definition) is 3. The van der Waals surface area contributed by atoms with Crippen LogP contribution in [0.4, 0.5) is 0 Å². The third-order valence-corrected chi connectivity index (χ3v) is 4.50. The van der Waals surface area contributed by atoms with Crippen molar-refractivity contribution < 1.29 is 4.79 Å². The van der Waals surface area contributed by atoms with Crippen molar-refractivity contribution in [1.29, 1.82) is 0 Å². The summed E-state index contributed by atoms with van der Waals surface area (Å²) in [7, 11) is 1.78. The molecule has 0 radical (unpaired) electrons. The molecule has 0 saturated carbocycles. The molecule has 2 N–H and O–H groups in total. The summed E-state index contributed by atoms with van der Waals surface area (Å²) >= 11 is 5.03. The number of hydrogen-bond donors (Lipinski definition) is 1. The van der Waals surface area contributed by atoms with Gasteiger partial charge in [-0.05, 0) is 27.6 Å². The first-order valence-corrected chi connectivity index (χ1v) is 7.53. The van der Waals surface area contributed by atoms with Crippen molar-refractivity contribution in [3.05, 3.63) is 56.7 Å². The van der Waals surface area contributed by atoms with Gasteiger partial charge < -0.3 is 10.6 Å². The predicted octanol–water partition coefficient (Wildman–Crippen LogP) is 3.17. The minimum absolute atomic E-state index is 0.0734. The van der Waals surface area contributed by atoms with Crippen molar-refractivity contribution in [3.8, 4) is 0 Å². The number of likely N-dealkylation sites (N-methyl/N-ethyl adjacent to an activating group) is 1. The van der Waals surface area contributed by atoms with Gasteiger partial charge in [0.15, 0.2) is 0 Å². The molecule has 19 heavy (non-hydrogen) atoms. The molecule has 0 aliphatic carbocycles. The van der Waals surface area contributed by atoms with E-state index in [1.807, 2.05) is 41.8 Å². The lowest BCUT2D eigenvalue weighted by Crippen LogP contribution is -2.35. The van der Waals surface area contributed by atoms with Crippen molar-refractivity contribution in [2.75, 3.05) is 7.05 Å². The van der Waals surface area contributed by atoms with Crippen LogP contribution >= 0.6 is 27.3 Å². The van der Waals surface area contributed by atoms with Crippen LogP contribution in [0.5, 0.6) is 0 Å². The molecule has 3 nitrogen and oxygen atoms in total. The lowest BCUT2D eigenvalue weighted by Gasteiger charge is -2.21. The minimum Gasteiger partial charge on any atom is -0.339 e. The second-order valence-corrected chi connectivity index (χ2v) is 6.23. The van der Waals surface area contributed by atoms with Crippen LogP contribution in [-0.2, 0) is 11.3 Å². The number of rotatable bonds is 4. The molecule has 0 bridgehead atoms. The molecule has 1 aromatic carbocycles. The molecule has 1 amide bonds. The highest BCUT2D eigenvalue weighted by molar-refractivity contribution is 9.10. The van der Waals surface area contributed by atoms with Gasteiger partial charge in [0.05, 0.1) is 6.54 Å². The van der Waals surface area contributed by atoms with Gasteiger partial charge in [0.1, 0.15) is 6.04 Å². The van der Waals surface area contributed by atoms with Crippen LogP contribution < -0.4 is 5.73 Å². The molecule has 0 aliphatic heterocycles. The monoisotopic (exact) mass is 338 g/mol. The van der Waals surface area contributed by atoms with Crippen LogP contribution in [0.1, 0.15) is 16.5 Å². The summed E-state index contributed by atoms with van der Waals surface area (Å²) in [5.74, 6) is -0.0734. The topological polar surface area (TPSA) is 46.3 Å². The first-order valence-electron chi connectivity index (χ1n) is 5.86. The van der Waals surface area contributed by atoms with Gasteiger partial charge in [-0.25, -0.2) is 0 Å². The fraction of sp³-hybridized carbons (Fsp3) is 0.214. The van der Waals surface area contributed by atoms with E-state index in [-0.39, 0.29) is 5.91 Å². The van der Waals surface area contributed by atoms with Gasteiger partial charge in [0, 0.05) is 21.8 Å². The van der Waals surface area contributed by atoms with Crippen molar-refractivity contribution in [3.63, 3.8) is 0 Å². The van der Waals surface area contributed by atoms with Gasteiger partial charge in [-0.15, -0.1) is 11.3 Å². The number of nitrogens with two attached hydrogens (primary N) is 1. The highest BCUT2D eigenvalue weighted by Gasteiger charge is 2.19. The van der Waals surface area contributed by atoms with Crippen LogP contribution in [0.25, 0.3) is 0 Å². The summed E-state index contributed by atoms with van der Waals surface area (Å²) < 4.78 is 1.04. The van der Waals surface area contributed by atoms with Gasteiger partial charge in [-0.2, -0.15) is 0 Å². The summed E-state index contributed by atoms with van der Waals surface area (Å²) in [6.45, 7) is 0.579. The third kappa shape index (κ3) is 3.65. The zero-order valence-electron chi connectivity index (χ0n) is 10.5. The minimum atomic E-state index is -0.602. The highest BCUT2D eigenvalue weighted by atomic mass is 79.9. The summed E-state index contributed by atoms with van der Waals surface area (Å²) in [5, 5.41) is 2.00. The Kier molecular flexibility index (Phi) is 4.74. The number of benzene rings is 1. The molecule has 0 aliphatic rings. The van der Waals surface area contributed by atoms with Crippen LogP contribution in [0.3, 0.4) is 0 Å². The SMILES string of the molecule is CN(Cc1cc(Br)cs1)C(=O)[C@@H](N)c1ccccc1. The van der Waals surface area contributed by atoms with Crippen molar-refractivity contribution in [2.24, 2.45) is 5.73 Å². The van der Waals surface area contributed by atoms with E-state index in [4.69, 9.17) is 5.73 Å². The lowest BCUT2D eigenvalue weighted by molar-refractivity contribution is -0.131. The Morgan fingerprint density at radius 1 is 1.42 bits per heavy atom. The molecule has 1 atom stereocenters. The van der Waals surface area contributed by atoms with E-state index in [2.05, 4.69) is 15.9 Å². The van der Waals surface area contributed by atoms with Crippen molar-refractivity contribution in [1.82, 2.24) is 4.90 Å². The predicted molar refractivity (Wildman–Crippen MR) is 81.9 cm³/mol. The average Bonchev–Trinajstić information content (AvgIpc) is 2.83. The fourth-order valence-corrected chi connectivity index (χ4v) is 3.29. The van der Waals surface area contributed by atoms with Crippen LogP contribution in [0.15, 0.2) is 46.3 Å². The molecule has 100 valence electrons. The quantitative estimate of drug-likeness (QED) is 0.930. The molecule has 5 heteroatoms. The number of nitrogens with zero attached hydrogens (tertiary/aromatic N) is 1. The molecule has 0 spiro atoms. The zero-order chi connectivity index (χ0) is 13.8. The maximum atomic E-state index is 12.2. The number of carbonyl (C=O) groups excluding carboxylic acids is 1. The van der Waals surface area contributed by atoms with Crippen LogP contribution in [0.2, 0.25) is 0 Å². The number of amides is 1. The summed E-state index contributed by atoms with van der Waals surface area (Å²) in [6.07, 6.45) is 0. The summed E-state index contributed by atoms with van der Waals surface area (Å²) in [5.41, 5.74) is 6.84. The Labute approximate surface area is 125 Å². The molecule has 0 fully saturated rings. The van der Waals surface area contributed by atoms with E-state index in [0.29, 0.717) is 6.54 Å². The van der Waals surface area contributed by atoms with Gasteiger partial charge >= 0.3 is 0 Å². The van der Waals surface area contributed by atoms with Crippen LogP contribution in [0, 0.1) is 0 Å². The Morgan fingerprint density at radius 2 is 2.11 bits per heavy atom. The smallest absolute Gasteiger partial charge is 0.244 e. The zero-order valence-corrected chi connectivity index (χ0v) is 12.9. The molecule has 1 heterocycles. The lowest BCUT2D eigenvalue weighted by atomic mass is 10.1.